The number of benzene rings is 2. The SMILES string of the molecule is COc1cc(C2CCN(CC(O)COc3ccc4c(c3)NC(=O)CC4)CC2)cc(OC)c1OC. The number of rotatable bonds is 9. The summed E-state index contributed by atoms with van der Waals surface area (Å²) in [5.41, 5.74) is 3.09. The van der Waals surface area contributed by atoms with Crippen molar-refractivity contribution in [1.29, 1.82) is 0 Å². The number of likely N-dealkylation sites (tertiary alicyclic amines) is 1. The van der Waals surface area contributed by atoms with Crippen LogP contribution in [0.15, 0.2) is 30.3 Å². The lowest BCUT2D eigenvalue weighted by Crippen LogP contribution is -2.40. The van der Waals surface area contributed by atoms with Crippen LogP contribution < -0.4 is 24.3 Å². The number of hydrogen-bond acceptors (Lipinski definition) is 7. The fraction of sp³-hybridized carbons (Fsp3) is 0.500. The maximum atomic E-state index is 11.6. The van der Waals surface area contributed by atoms with Gasteiger partial charge in [-0.15, -0.1) is 0 Å². The molecule has 0 bridgehead atoms. The number of fused-ring (bicyclic) bond motifs is 1. The summed E-state index contributed by atoms with van der Waals surface area (Å²) >= 11 is 0. The second kappa shape index (κ2) is 11.0. The molecule has 184 valence electrons. The third-order valence-corrected chi connectivity index (χ3v) is 6.63. The highest BCUT2D eigenvalue weighted by atomic mass is 16.5. The van der Waals surface area contributed by atoms with E-state index in [2.05, 4.69) is 10.2 Å². The molecule has 4 rings (SSSR count). The second-order valence-electron chi connectivity index (χ2n) is 8.87. The number of amides is 1. The van der Waals surface area contributed by atoms with E-state index in [1.807, 2.05) is 30.3 Å². The van der Waals surface area contributed by atoms with Gasteiger partial charge in [-0.3, -0.25) is 4.79 Å². The van der Waals surface area contributed by atoms with Crippen molar-refractivity contribution in [3.63, 3.8) is 0 Å². The minimum absolute atomic E-state index is 0.0274. The summed E-state index contributed by atoms with van der Waals surface area (Å²) in [7, 11) is 4.87. The third kappa shape index (κ3) is 5.56. The molecule has 0 radical (unpaired) electrons. The van der Waals surface area contributed by atoms with Crippen molar-refractivity contribution < 1.29 is 28.8 Å². The van der Waals surface area contributed by atoms with Gasteiger partial charge in [0.2, 0.25) is 11.7 Å². The van der Waals surface area contributed by atoms with E-state index in [1.165, 1.54) is 5.56 Å². The Hall–Kier alpha value is -2.97. The highest BCUT2D eigenvalue weighted by Gasteiger charge is 2.25. The molecule has 0 saturated carbocycles. The van der Waals surface area contributed by atoms with E-state index in [4.69, 9.17) is 18.9 Å². The molecular weight excluding hydrogens is 436 g/mol. The van der Waals surface area contributed by atoms with E-state index in [1.54, 1.807) is 21.3 Å². The molecule has 1 fully saturated rings. The van der Waals surface area contributed by atoms with Crippen molar-refractivity contribution in [3.05, 3.63) is 41.5 Å². The molecule has 1 saturated heterocycles. The first-order valence-corrected chi connectivity index (χ1v) is 11.8. The average Bonchev–Trinajstić information content (AvgIpc) is 2.86. The first-order valence-electron chi connectivity index (χ1n) is 11.8. The summed E-state index contributed by atoms with van der Waals surface area (Å²) in [6, 6.07) is 9.77. The summed E-state index contributed by atoms with van der Waals surface area (Å²) in [5.74, 6) is 3.03. The Morgan fingerprint density at radius 3 is 2.38 bits per heavy atom. The quantitative estimate of drug-likeness (QED) is 0.582. The van der Waals surface area contributed by atoms with Crippen LogP contribution in [0.2, 0.25) is 0 Å². The van der Waals surface area contributed by atoms with Crippen molar-refractivity contribution in [2.45, 2.75) is 37.7 Å². The number of carbonyl (C=O) groups is 1. The Morgan fingerprint density at radius 1 is 1.03 bits per heavy atom. The topological polar surface area (TPSA) is 89.5 Å². The van der Waals surface area contributed by atoms with Crippen molar-refractivity contribution in [2.75, 3.05) is 52.9 Å². The number of piperidine rings is 1. The number of carbonyl (C=O) groups excluding carboxylic acids is 1. The molecule has 1 unspecified atom stereocenters. The summed E-state index contributed by atoms with van der Waals surface area (Å²) in [5, 5.41) is 13.4. The minimum Gasteiger partial charge on any atom is -0.493 e. The van der Waals surface area contributed by atoms with E-state index in [9.17, 15) is 9.90 Å². The highest BCUT2D eigenvalue weighted by Crippen LogP contribution is 2.42. The molecule has 2 N–H and O–H groups in total. The van der Waals surface area contributed by atoms with Crippen molar-refractivity contribution in [3.8, 4) is 23.0 Å². The van der Waals surface area contributed by atoms with Gasteiger partial charge in [-0.25, -0.2) is 0 Å². The molecule has 8 nitrogen and oxygen atoms in total. The van der Waals surface area contributed by atoms with E-state index < -0.39 is 6.10 Å². The molecule has 8 heteroatoms. The molecule has 2 heterocycles. The third-order valence-electron chi connectivity index (χ3n) is 6.63. The summed E-state index contributed by atoms with van der Waals surface area (Å²) in [4.78, 5) is 13.9. The minimum atomic E-state index is -0.594. The molecule has 2 aliphatic rings. The lowest BCUT2D eigenvalue weighted by Gasteiger charge is -2.33. The van der Waals surface area contributed by atoms with Gasteiger partial charge in [0.05, 0.1) is 21.3 Å². The number of aliphatic hydroxyl groups is 1. The van der Waals surface area contributed by atoms with Crippen LogP contribution in [0.4, 0.5) is 5.69 Å². The van der Waals surface area contributed by atoms with Crippen LogP contribution in [0, 0.1) is 0 Å². The van der Waals surface area contributed by atoms with Gasteiger partial charge in [0, 0.05) is 24.7 Å². The maximum Gasteiger partial charge on any atom is 0.224 e. The normalized spacial score (nSPS) is 17.5. The zero-order valence-corrected chi connectivity index (χ0v) is 20.1. The molecule has 1 atom stereocenters. The Bertz CT molecular complexity index is 978. The number of nitrogens with one attached hydrogen (secondary N) is 1. The van der Waals surface area contributed by atoms with E-state index >= 15 is 0 Å². The molecule has 0 aromatic heterocycles. The van der Waals surface area contributed by atoms with Crippen LogP contribution in [-0.4, -0.2) is 69.6 Å². The first-order chi connectivity index (χ1) is 16.5. The van der Waals surface area contributed by atoms with E-state index in [0.717, 1.165) is 43.6 Å². The zero-order chi connectivity index (χ0) is 24.1. The van der Waals surface area contributed by atoms with Gasteiger partial charge in [0.1, 0.15) is 18.5 Å². The number of methoxy groups -OCH3 is 3. The Labute approximate surface area is 200 Å². The van der Waals surface area contributed by atoms with Crippen LogP contribution >= 0.6 is 0 Å². The molecular formula is C26H34N2O6. The lowest BCUT2D eigenvalue weighted by atomic mass is 9.89. The molecule has 2 aromatic carbocycles. The maximum absolute atomic E-state index is 11.6. The van der Waals surface area contributed by atoms with E-state index in [0.29, 0.717) is 41.9 Å². The highest BCUT2D eigenvalue weighted by molar-refractivity contribution is 5.94. The van der Waals surface area contributed by atoms with Gasteiger partial charge in [-0.1, -0.05) is 6.07 Å². The van der Waals surface area contributed by atoms with Crippen LogP contribution in [0.25, 0.3) is 0 Å². The number of anilines is 1. The predicted molar refractivity (Wildman–Crippen MR) is 129 cm³/mol. The van der Waals surface area contributed by atoms with Crippen molar-refractivity contribution >= 4 is 11.6 Å². The summed E-state index contributed by atoms with van der Waals surface area (Å²) in [6.07, 6.45) is 2.63. The molecule has 1 amide bonds. The Kier molecular flexibility index (Phi) is 7.80. The number of hydrogen-bond donors (Lipinski definition) is 2. The number of ether oxygens (including phenoxy) is 4. The lowest BCUT2D eigenvalue weighted by molar-refractivity contribution is -0.116. The van der Waals surface area contributed by atoms with Gasteiger partial charge in [-0.05, 0) is 67.6 Å². The van der Waals surface area contributed by atoms with Crippen LogP contribution in [0.3, 0.4) is 0 Å². The van der Waals surface area contributed by atoms with Crippen LogP contribution in [0.1, 0.15) is 36.3 Å². The summed E-state index contributed by atoms with van der Waals surface area (Å²) < 4.78 is 22.2. The molecule has 2 aliphatic heterocycles. The monoisotopic (exact) mass is 470 g/mol. The first kappa shape index (κ1) is 24.2. The molecule has 0 aliphatic carbocycles. The van der Waals surface area contributed by atoms with Crippen molar-refractivity contribution in [2.24, 2.45) is 0 Å². The average molecular weight is 471 g/mol. The smallest absolute Gasteiger partial charge is 0.224 e. The Morgan fingerprint density at radius 2 is 1.74 bits per heavy atom. The molecule has 34 heavy (non-hydrogen) atoms. The fourth-order valence-electron chi connectivity index (χ4n) is 4.77. The van der Waals surface area contributed by atoms with Crippen LogP contribution in [-0.2, 0) is 11.2 Å². The number of aliphatic hydroxyl groups excluding tert-OH is 1. The van der Waals surface area contributed by atoms with Gasteiger partial charge in [-0.2, -0.15) is 0 Å². The van der Waals surface area contributed by atoms with Gasteiger partial charge in [0.25, 0.3) is 0 Å². The van der Waals surface area contributed by atoms with Crippen LogP contribution in [0.5, 0.6) is 23.0 Å². The standard InChI is InChI=1S/C26H34N2O6/c1-31-23-12-19(13-24(32-2)26(23)33-3)17-8-10-28(11-9-17)15-20(29)16-34-21-6-4-18-5-7-25(30)27-22(18)14-21/h4,6,12-14,17,20,29H,5,7-11,15-16H2,1-3H3,(H,27,30). The number of nitrogens with zero attached hydrogens (tertiary/aromatic N) is 1. The predicted octanol–water partition coefficient (Wildman–Crippen LogP) is 3.22. The number of β-amino-alcohol motifs (C(OH)–C–C–N with tert-alkyl or cyclic N) is 1. The van der Waals surface area contributed by atoms with Crippen molar-refractivity contribution in [1.82, 2.24) is 4.90 Å². The Balaban J connectivity index is 1.27. The van der Waals surface area contributed by atoms with Gasteiger partial charge >= 0.3 is 0 Å². The van der Waals surface area contributed by atoms with Gasteiger partial charge < -0.3 is 34.3 Å². The summed E-state index contributed by atoms with van der Waals surface area (Å²) in [6.45, 7) is 2.55. The van der Waals surface area contributed by atoms with Gasteiger partial charge in [0.15, 0.2) is 11.5 Å². The largest absolute Gasteiger partial charge is 0.493 e. The fourth-order valence-corrected chi connectivity index (χ4v) is 4.77. The molecule has 0 spiro atoms. The second-order valence-corrected chi connectivity index (χ2v) is 8.87. The molecule has 2 aromatic rings. The number of aryl methyl sites for hydroxylation is 1. The zero-order valence-electron chi connectivity index (χ0n) is 20.1. The van der Waals surface area contributed by atoms with E-state index in [-0.39, 0.29) is 12.5 Å².